The summed E-state index contributed by atoms with van der Waals surface area (Å²) in [6, 6.07) is 3.74. The molecule has 0 amide bonds. The molecule has 0 aliphatic rings. The van der Waals surface area contributed by atoms with Gasteiger partial charge < -0.3 is 14.2 Å². The lowest BCUT2D eigenvalue weighted by atomic mass is 10.2. The van der Waals surface area contributed by atoms with E-state index < -0.39 is 0 Å². The third-order valence-electron chi connectivity index (χ3n) is 2.56. The molecule has 0 saturated heterocycles. The lowest BCUT2D eigenvalue weighted by Gasteiger charge is -2.16. The molecule has 5 nitrogen and oxygen atoms in total. The smallest absolute Gasteiger partial charge is 0.234 e. The van der Waals surface area contributed by atoms with Gasteiger partial charge in [0.1, 0.15) is 5.01 Å². The fraction of sp³-hybridized carbons (Fsp3) is 0.429. The molecule has 1 heterocycles. The molecule has 0 bridgehead atoms. The molecule has 0 atom stereocenters. The van der Waals surface area contributed by atoms with Crippen molar-refractivity contribution in [2.45, 2.75) is 20.8 Å². The van der Waals surface area contributed by atoms with Crippen molar-refractivity contribution in [3.63, 3.8) is 0 Å². The quantitative estimate of drug-likeness (QED) is 0.767. The summed E-state index contributed by atoms with van der Waals surface area (Å²) in [6.45, 7) is 7.36. The number of aromatic nitrogens is 2. The number of ether oxygens (including phenoxy) is 3. The highest BCUT2D eigenvalue weighted by Gasteiger charge is 2.17. The van der Waals surface area contributed by atoms with Crippen LogP contribution >= 0.6 is 23.1 Å². The van der Waals surface area contributed by atoms with E-state index in [0.717, 1.165) is 5.56 Å². The molecule has 2 rings (SSSR count). The zero-order chi connectivity index (χ0) is 15.2. The lowest BCUT2D eigenvalue weighted by Crippen LogP contribution is -2.02. The van der Waals surface area contributed by atoms with E-state index in [1.165, 1.54) is 11.5 Å². The second-order valence-electron chi connectivity index (χ2n) is 3.97. The summed E-state index contributed by atoms with van der Waals surface area (Å²) in [5.74, 6) is 1.87. The molecule has 2 aromatic rings. The number of halogens is 1. The van der Waals surface area contributed by atoms with Gasteiger partial charge in [0.2, 0.25) is 11.0 Å². The van der Waals surface area contributed by atoms with Crippen LogP contribution in [0, 0.1) is 0 Å². The zero-order valence-corrected chi connectivity index (χ0v) is 13.8. The first-order chi connectivity index (χ1) is 10.2. The maximum Gasteiger partial charge on any atom is 0.234 e. The standard InChI is InChI=1S/C14H17ClN2O3S/c1-4-18-10-7-9(13-16-14(15)17-21-13)8-11(19-5-2)12(10)20-6-3/h7-8H,4-6H2,1-3H3. The van der Waals surface area contributed by atoms with Crippen molar-refractivity contribution in [1.29, 1.82) is 0 Å². The molecular formula is C14H17ClN2O3S. The van der Waals surface area contributed by atoms with Crippen LogP contribution < -0.4 is 14.2 Å². The summed E-state index contributed by atoms with van der Waals surface area (Å²) < 4.78 is 21.0. The molecule has 0 unspecified atom stereocenters. The molecule has 114 valence electrons. The van der Waals surface area contributed by atoms with Crippen LogP contribution in [0.1, 0.15) is 20.8 Å². The van der Waals surface area contributed by atoms with Gasteiger partial charge in [0.05, 0.1) is 19.8 Å². The molecule has 0 saturated carbocycles. The first-order valence-electron chi connectivity index (χ1n) is 6.75. The predicted octanol–water partition coefficient (Wildman–Crippen LogP) is 4.05. The molecule has 0 aliphatic carbocycles. The molecule has 1 aromatic heterocycles. The van der Waals surface area contributed by atoms with E-state index in [4.69, 9.17) is 25.8 Å². The van der Waals surface area contributed by atoms with Gasteiger partial charge in [-0.15, -0.1) is 0 Å². The highest BCUT2D eigenvalue weighted by molar-refractivity contribution is 7.09. The van der Waals surface area contributed by atoms with Crippen LogP contribution in [0.15, 0.2) is 12.1 Å². The van der Waals surface area contributed by atoms with Crippen molar-refractivity contribution < 1.29 is 14.2 Å². The third-order valence-corrected chi connectivity index (χ3v) is 3.59. The van der Waals surface area contributed by atoms with Gasteiger partial charge in [0.15, 0.2) is 11.5 Å². The Hall–Kier alpha value is -1.53. The van der Waals surface area contributed by atoms with Crippen molar-refractivity contribution in [1.82, 2.24) is 9.36 Å². The van der Waals surface area contributed by atoms with Crippen LogP contribution in [-0.4, -0.2) is 29.2 Å². The van der Waals surface area contributed by atoms with Gasteiger partial charge in [-0.2, -0.15) is 4.37 Å². The van der Waals surface area contributed by atoms with Crippen molar-refractivity contribution in [2.75, 3.05) is 19.8 Å². The Labute approximate surface area is 133 Å². The fourth-order valence-corrected chi connectivity index (χ4v) is 2.63. The highest BCUT2D eigenvalue weighted by Crippen LogP contribution is 2.42. The van der Waals surface area contributed by atoms with Crippen molar-refractivity contribution in [3.8, 4) is 27.8 Å². The maximum atomic E-state index is 5.79. The summed E-state index contributed by atoms with van der Waals surface area (Å²) in [7, 11) is 0. The van der Waals surface area contributed by atoms with Gasteiger partial charge in [0.25, 0.3) is 0 Å². The molecule has 0 radical (unpaired) electrons. The third kappa shape index (κ3) is 3.77. The highest BCUT2D eigenvalue weighted by atomic mass is 35.5. The Kier molecular flexibility index (Phi) is 5.64. The second-order valence-corrected chi connectivity index (χ2v) is 5.06. The number of benzene rings is 1. The van der Waals surface area contributed by atoms with E-state index in [1.54, 1.807) is 0 Å². The van der Waals surface area contributed by atoms with Gasteiger partial charge in [-0.1, -0.05) is 0 Å². The molecule has 0 fully saturated rings. The van der Waals surface area contributed by atoms with Gasteiger partial charge >= 0.3 is 0 Å². The summed E-state index contributed by atoms with van der Waals surface area (Å²) >= 11 is 7.02. The van der Waals surface area contributed by atoms with Crippen LogP contribution in [0.25, 0.3) is 10.6 Å². The minimum absolute atomic E-state index is 0.236. The minimum Gasteiger partial charge on any atom is -0.490 e. The monoisotopic (exact) mass is 328 g/mol. The summed E-state index contributed by atoms with van der Waals surface area (Å²) in [5.41, 5.74) is 0.842. The van der Waals surface area contributed by atoms with E-state index >= 15 is 0 Å². The molecule has 0 N–H and O–H groups in total. The topological polar surface area (TPSA) is 53.5 Å². The van der Waals surface area contributed by atoms with Crippen molar-refractivity contribution in [2.24, 2.45) is 0 Å². The van der Waals surface area contributed by atoms with E-state index in [2.05, 4.69) is 9.36 Å². The van der Waals surface area contributed by atoms with E-state index in [-0.39, 0.29) is 5.28 Å². The van der Waals surface area contributed by atoms with Crippen LogP contribution in [0.4, 0.5) is 0 Å². The largest absolute Gasteiger partial charge is 0.490 e. The number of hydrogen-bond donors (Lipinski definition) is 0. The Bertz CT molecular complexity index is 577. The van der Waals surface area contributed by atoms with E-state index in [9.17, 15) is 0 Å². The van der Waals surface area contributed by atoms with Crippen LogP contribution in [0.2, 0.25) is 5.28 Å². The van der Waals surface area contributed by atoms with Crippen LogP contribution in [-0.2, 0) is 0 Å². The van der Waals surface area contributed by atoms with E-state index in [0.29, 0.717) is 42.1 Å². The van der Waals surface area contributed by atoms with Gasteiger partial charge in [0, 0.05) is 5.56 Å². The maximum absolute atomic E-state index is 5.79. The van der Waals surface area contributed by atoms with Gasteiger partial charge in [-0.05, 0) is 56.0 Å². The molecule has 21 heavy (non-hydrogen) atoms. The Balaban J connectivity index is 2.51. The molecule has 7 heteroatoms. The average molecular weight is 329 g/mol. The minimum atomic E-state index is 0.236. The van der Waals surface area contributed by atoms with Crippen LogP contribution in [0.3, 0.4) is 0 Å². The summed E-state index contributed by atoms with van der Waals surface area (Å²) in [6.07, 6.45) is 0. The van der Waals surface area contributed by atoms with Crippen molar-refractivity contribution in [3.05, 3.63) is 17.4 Å². The fourth-order valence-electron chi connectivity index (χ4n) is 1.83. The number of rotatable bonds is 7. The summed E-state index contributed by atoms with van der Waals surface area (Å²) in [4.78, 5) is 4.18. The van der Waals surface area contributed by atoms with Crippen LogP contribution in [0.5, 0.6) is 17.2 Å². The van der Waals surface area contributed by atoms with Gasteiger partial charge in [-0.3, -0.25) is 0 Å². The SMILES string of the molecule is CCOc1cc(-c2nc(Cl)ns2)cc(OCC)c1OCC. The molecule has 0 spiro atoms. The molecule has 0 aliphatic heterocycles. The van der Waals surface area contributed by atoms with Crippen molar-refractivity contribution >= 4 is 23.1 Å². The molecular weight excluding hydrogens is 312 g/mol. The Morgan fingerprint density at radius 3 is 2.00 bits per heavy atom. The number of hydrogen-bond acceptors (Lipinski definition) is 6. The first kappa shape index (κ1) is 15.9. The van der Waals surface area contributed by atoms with E-state index in [1.807, 2.05) is 32.9 Å². The Morgan fingerprint density at radius 2 is 1.57 bits per heavy atom. The van der Waals surface area contributed by atoms with Gasteiger partial charge in [-0.25, -0.2) is 4.98 Å². The zero-order valence-electron chi connectivity index (χ0n) is 12.2. The summed E-state index contributed by atoms with van der Waals surface area (Å²) in [5, 5.41) is 0.949. The lowest BCUT2D eigenvalue weighted by molar-refractivity contribution is 0.261. The first-order valence-corrected chi connectivity index (χ1v) is 7.90. The molecule has 1 aromatic carbocycles. The average Bonchev–Trinajstić information content (AvgIpc) is 2.89. The normalized spacial score (nSPS) is 10.5. The Morgan fingerprint density at radius 1 is 1.00 bits per heavy atom. The number of nitrogens with zero attached hydrogens (tertiary/aromatic N) is 2. The second kappa shape index (κ2) is 7.47. The predicted molar refractivity (Wildman–Crippen MR) is 83.9 cm³/mol.